The van der Waals surface area contributed by atoms with Crippen LogP contribution >= 0.6 is 0 Å². The molecule has 0 radical (unpaired) electrons. The molecule has 2 N–H and O–H groups in total. The van der Waals surface area contributed by atoms with Crippen molar-refractivity contribution in [2.75, 3.05) is 14.2 Å². The molecule has 1 fully saturated rings. The zero-order chi connectivity index (χ0) is 14.9. The van der Waals surface area contributed by atoms with E-state index in [-0.39, 0.29) is 17.3 Å². The van der Waals surface area contributed by atoms with Gasteiger partial charge >= 0.3 is 12.6 Å². The second kappa shape index (κ2) is 5.32. The number of halogens is 2. The average molecular weight is 285 g/mol. The molecule has 8 heteroatoms. The summed E-state index contributed by atoms with van der Waals surface area (Å²) in [5, 5.41) is 10.1. The molecule has 2 rings (SSSR count). The first-order valence-electron chi connectivity index (χ1n) is 5.69. The smallest absolute Gasteiger partial charge is 0.387 e. The topological polar surface area (TPSA) is 74.7 Å². The number of likely N-dealkylation sites (N-methyl/N-ethyl adjacent to an activating group) is 1. The summed E-state index contributed by atoms with van der Waals surface area (Å²) in [7, 11) is 2.85. The van der Waals surface area contributed by atoms with Gasteiger partial charge in [0.05, 0.1) is 7.11 Å². The molecule has 1 aliphatic heterocycles. The predicted molar refractivity (Wildman–Crippen MR) is 66.4 cm³/mol. The van der Waals surface area contributed by atoms with Crippen LogP contribution in [0.2, 0.25) is 0 Å². The Morgan fingerprint density at radius 2 is 2.10 bits per heavy atom. The molecule has 0 spiro atoms. The number of benzene rings is 1. The molecule has 1 heterocycles. The summed E-state index contributed by atoms with van der Waals surface area (Å²) in [5.74, 6) is -0.00766. The highest BCUT2D eigenvalue weighted by Gasteiger charge is 2.34. The first-order valence-corrected chi connectivity index (χ1v) is 5.69. The van der Waals surface area contributed by atoms with Gasteiger partial charge in [-0.2, -0.15) is 8.78 Å². The van der Waals surface area contributed by atoms with Crippen molar-refractivity contribution in [3.05, 3.63) is 23.8 Å². The highest BCUT2D eigenvalue weighted by molar-refractivity contribution is 6.05. The molecule has 1 saturated heterocycles. The lowest BCUT2D eigenvalue weighted by atomic mass is 10.1. The molecule has 0 aromatic heterocycles. The van der Waals surface area contributed by atoms with E-state index < -0.39 is 18.7 Å². The highest BCUT2D eigenvalue weighted by Crippen LogP contribution is 2.34. The van der Waals surface area contributed by atoms with E-state index in [1.807, 2.05) is 0 Å². The first-order chi connectivity index (χ1) is 9.43. The minimum atomic E-state index is -2.99. The molecule has 108 valence electrons. The quantitative estimate of drug-likeness (QED) is 0.888. The molecule has 0 bridgehead atoms. The van der Waals surface area contributed by atoms with Gasteiger partial charge < -0.3 is 14.4 Å². The standard InChI is InChI=1S/C12H13F2N3O3/c1-17-9(10(15)16-12(17)18)6-3-4-7(19-2)8(5-6)20-11(13)14/h3-5,9,11H,1-2H3,(H2,15,16,18). The van der Waals surface area contributed by atoms with Gasteiger partial charge in [0.15, 0.2) is 11.5 Å². The highest BCUT2D eigenvalue weighted by atomic mass is 19.3. The molecular weight excluding hydrogens is 272 g/mol. The van der Waals surface area contributed by atoms with E-state index in [1.54, 1.807) is 6.07 Å². The van der Waals surface area contributed by atoms with Crippen LogP contribution in [0, 0.1) is 5.41 Å². The summed E-state index contributed by atoms with van der Waals surface area (Å²) >= 11 is 0. The van der Waals surface area contributed by atoms with Crippen molar-refractivity contribution in [1.29, 1.82) is 5.41 Å². The van der Waals surface area contributed by atoms with E-state index in [4.69, 9.17) is 10.1 Å². The van der Waals surface area contributed by atoms with Gasteiger partial charge in [0.1, 0.15) is 11.9 Å². The van der Waals surface area contributed by atoms with Crippen LogP contribution in [0.1, 0.15) is 11.6 Å². The Balaban J connectivity index is 2.38. The number of nitrogens with zero attached hydrogens (tertiary/aromatic N) is 1. The fraction of sp³-hybridized carbons (Fsp3) is 0.333. The summed E-state index contributed by atoms with van der Waals surface area (Å²) in [5.41, 5.74) is 0.479. The molecule has 1 unspecified atom stereocenters. The van der Waals surface area contributed by atoms with E-state index in [0.717, 1.165) is 0 Å². The third-order valence-corrected chi connectivity index (χ3v) is 2.94. The maximum atomic E-state index is 12.4. The summed E-state index contributed by atoms with van der Waals surface area (Å²) in [6.45, 7) is -2.99. The van der Waals surface area contributed by atoms with E-state index in [1.165, 1.54) is 31.2 Å². The van der Waals surface area contributed by atoms with Crippen molar-refractivity contribution >= 4 is 11.9 Å². The number of urea groups is 1. The number of nitrogens with one attached hydrogen (secondary N) is 2. The van der Waals surface area contributed by atoms with Crippen molar-refractivity contribution in [1.82, 2.24) is 10.2 Å². The van der Waals surface area contributed by atoms with E-state index in [0.29, 0.717) is 5.56 Å². The largest absolute Gasteiger partial charge is 0.493 e. The Labute approximate surface area is 113 Å². The zero-order valence-corrected chi connectivity index (χ0v) is 10.8. The zero-order valence-electron chi connectivity index (χ0n) is 10.8. The van der Waals surface area contributed by atoms with Gasteiger partial charge in [-0.05, 0) is 17.7 Å². The van der Waals surface area contributed by atoms with Crippen molar-refractivity contribution in [2.24, 2.45) is 0 Å². The van der Waals surface area contributed by atoms with Crippen LogP contribution in [-0.4, -0.2) is 37.5 Å². The van der Waals surface area contributed by atoms with Gasteiger partial charge in [0.25, 0.3) is 0 Å². The van der Waals surface area contributed by atoms with E-state index >= 15 is 0 Å². The van der Waals surface area contributed by atoms with Crippen LogP contribution in [0.15, 0.2) is 18.2 Å². The Morgan fingerprint density at radius 3 is 2.60 bits per heavy atom. The van der Waals surface area contributed by atoms with Gasteiger partial charge in [-0.15, -0.1) is 0 Å². The number of hydrogen-bond donors (Lipinski definition) is 2. The average Bonchev–Trinajstić information content (AvgIpc) is 2.62. The lowest BCUT2D eigenvalue weighted by Gasteiger charge is -2.19. The lowest BCUT2D eigenvalue weighted by molar-refractivity contribution is -0.0512. The van der Waals surface area contributed by atoms with Crippen LogP contribution in [0.25, 0.3) is 0 Å². The van der Waals surface area contributed by atoms with Crippen molar-refractivity contribution in [3.8, 4) is 11.5 Å². The minimum absolute atomic E-state index is 0.0225. The van der Waals surface area contributed by atoms with E-state index in [9.17, 15) is 13.6 Å². The predicted octanol–water partition coefficient (Wildman–Crippen LogP) is 1.97. The summed E-state index contributed by atoms with van der Waals surface area (Å²) in [6.07, 6.45) is 0. The van der Waals surface area contributed by atoms with Gasteiger partial charge in [-0.25, -0.2) is 4.79 Å². The molecule has 1 aromatic carbocycles. The Kier molecular flexibility index (Phi) is 3.73. The van der Waals surface area contributed by atoms with Crippen LogP contribution in [0.4, 0.5) is 13.6 Å². The van der Waals surface area contributed by atoms with Gasteiger partial charge in [0, 0.05) is 7.05 Å². The number of amidine groups is 1. The van der Waals surface area contributed by atoms with Crippen molar-refractivity contribution in [3.63, 3.8) is 0 Å². The monoisotopic (exact) mass is 285 g/mol. The molecular formula is C12H13F2N3O3. The van der Waals surface area contributed by atoms with Gasteiger partial charge in [0.2, 0.25) is 0 Å². The molecule has 1 atom stereocenters. The Morgan fingerprint density at radius 1 is 1.40 bits per heavy atom. The fourth-order valence-corrected chi connectivity index (χ4v) is 2.02. The number of ether oxygens (including phenoxy) is 2. The van der Waals surface area contributed by atoms with Crippen LogP contribution in [0.5, 0.6) is 11.5 Å². The Hall–Kier alpha value is -2.38. The molecule has 0 aliphatic carbocycles. The summed E-state index contributed by atoms with van der Waals surface area (Å²) < 4.78 is 34.0. The van der Waals surface area contributed by atoms with Crippen LogP contribution in [-0.2, 0) is 0 Å². The number of alkyl halides is 2. The minimum Gasteiger partial charge on any atom is -0.493 e. The summed E-state index contributed by atoms with van der Waals surface area (Å²) in [4.78, 5) is 12.8. The maximum absolute atomic E-state index is 12.4. The number of carbonyl (C=O) groups is 1. The molecule has 1 aromatic rings. The lowest BCUT2D eigenvalue weighted by Crippen LogP contribution is -2.25. The molecule has 2 amide bonds. The number of carbonyl (C=O) groups excluding carboxylic acids is 1. The molecule has 6 nitrogen and oxygen atoms in total. The van der Waals surface area contributed by atoms with Crippen LogP contribution < -0.4 is 14.8 Å². The number of hydrogen-bond acceptors (Lipinski definition) is 4. The second-order valence-electron chi connectivity index (χ2n) is 4.15. The third-order valence-electron chi connectivity index (χ3n) is 2.94. The van der Waals surface area contributed by atoms with E-state index in [2.05, 4.69) is 10.1 Å². The van der Waals surface area contributed by atoms with Gasteiger partial charge in [-0.1, -0.05) is 6.07 Å². The number of methoxy groups -OCH3 is 1. The van der Waals surface area contributed by atoms with Crippen molar-refractivity contribution < 1.29 is 23.0 Å². The van der Waals surface area contributed by atoms with Crippen LogP contribution in [0.3, 0.4) is 0 Å². The molecule has 1 aliphatic rings. The number of rotatable bonds is 4. The van der Waals surface area contributed by atoms with Crippen molar-refractivity contribution in [2.45, 2.75) is 12.7 Å². The second-order valence-corrected chi connectivity index (χ2v) is 4.15. The normalized spacial score (nSPS) is 18.4. The molecule has 20 heavy (non-hydrogen) atoms. The summed E-state index contributed by atoms with van der Waals surface area (Å²) in [6, 6.07) is 3.30. The number of amides is 2. The van der Waals surface area contributed by atoms with Gasteiger partial charge in [-0.3, -0.25) is 10.7 Å². The fourth-order valence-electron chi connectivity index (χ4n) is 2.02. The molecule has 0 saturated carbocycles. The first kappa shape index (κ1) is 14.0. The SMILES string of the molecule is COc1ccc(C2C(=N)NC(=O)N2C)cc1OC(F)F. The maximum Gasteiger partial charge on any atom is 0.387 e. The third kappa shape index (κ3) is 2.49. The Bertz CT molecular complexity index is 551.